The molecule has 0 aliphatic carbocycles. The minimum absolute atomic E-state index is 0.0489. The normalized spacial score (nSPS) is 14.4. The summed E-state index contributed by atoms with van der Waals surface area (Å²) in [4.78, 5) is 0. The molecular formula is C13H21NO3. The zero-order valence-corrected chi connectivity index (χ0v) is 10.6. The van der Waals surface area contributed by atoms with Gasteiger partial charge in [0.05, 0.1) is 26.4 Å². The van der Waals surface area contributed by atoms with E-state index in [-0.39, 0.29) is 18.7 Å². The van der Waals surface area contributed by atoms with Crippen molar-refractivity contribution in [3.63, 3.8) is 0 Å². The van der Waals surface area contributed by atoms with Gasteiger partial charge in [-0.1, -0.05) is 18.2 Å². The smallest absolute Gasteiger partial charge is 0.123 e. The highest BCUT2D eigenvalue weighted by atomic mass is 16.5. The average Bonchev–Trinajstić information content (AvgIpc) is 2.38. The zero-order chi connectivity index (χ0) is 12.7. The Kier molecular flexibility index (Phi) is 5.97. The molecule has 96 valence electrons. The van der Waals surface area contributed by atoms with Crippen LogP contribution in [0.3, 0.4) is 0 Å². The van der Waals surface area contributed by atoms with Crippen LogP contribution in [-0.2, 0) is 4.74 Å². The molecule has 1 aromatic carbocycles. The summed E-state index contributed by atoms with van der Waals surface area (Å²) in [5, 5.41) is 12.5. The number of methoxy groups -OCH3 is 2. The number of ether oxygens (including phenoxy) is 2. The van der Waals surface area contributed by atoms with Gasteiger partial charge in [-0.25, -0.2) is 0 Å². The average molecular weight is 239 g/mol. The van der Waals surface area contributed by atoms with E-state index in [0.717, 1.165) is 11.3 Å². The third-order valence-corrected chi connectivity index (χ3v) is 2.68. The van der Waals surface area contributed by atoms with Gasteiger partial charge >= 0.3 is 0 Å². The summed E-state index contributed by atoms with van der Waals surface area (Å²) in [6.07, 6.45) is 0. The van der Waals surface area contributed by atoms with E-state index in [9.17, 15) is 5.11 Å². The fourth-order valence-electron chi connectivity index (χ4n) is 1.82. The van der Waals surface area contributed by atoms with E-state index >= 15 is 0 Å². The Bertz CT molecular complexity index is 330. The van der Waals surface area contributed by atoms with Gasteiger partial charge in [0, 0.05) is 18.7 Å². The molecule has 4 nitrogen and oxygen atoms in total. The first-order valence-corrected chi connectivity index (χ1v) is 5.71. The summed E-state index contributed by atoms with van der Waals surface area (Å²) in [5.41, 5.74) is 1.07. The first kappa shape index (κ1) is 14.0. The molecule has 0 fully saturated rings. The molecule has 0 heterocycles. The van der Waals surface area contributed by atoms with Gasteiger partial charge in [-0.3, -0.25) is 0 Å². The number of hydrogen-bond donors (Lipinski definition) is 2. The molecule has 2 unspecified atom stereocenters. The number of para-hydroxylation sites is 1. The second-order valence-corrected chi connectivity index (χ2v) is 3.97. The summed E-state index contributed by atoms with van der Waals surface area (Å²) in [7, 11) is 3.28. The van der Waals surface area contributed by atoms with Gasteiger partial charge in [-0.05, 0) is 13.0 Å². The van der Waals surface area contributed by atoms with Crippen LogP contribution in [0.15, 0.2) is 24.3 Å². The van der Waals surface area contributed by atoms with Crippen LogP contribution >= 0.6 is 0 Å². The topological polar surface area (TPSA) is 50.7 Å². The van der Waals surface area contributed by atoms with Gasteiger partial charge in [0.15, 0.2) is 0 Å². The standard InChI is InChI=1S/C13H21NO3/c1-10(14-11(8-15)9-16-2)12-6-4-5-7-13(12)17-3/h4-7,10-11,14-15H,8-9H2,1-3H3. The molecule has 0 amide bonds. The summed E-state index contributed by atoms with van der Waals surface area (Å²) in [6.45, 7) is 2.57. The maximum Gasteiger partial charge on any atom is 0.123 e. The molecule has 0 spiro atoms. The minimum Gasteiger partial charge on any atom is -0.496 e. The maximum atomic E-state index is 9.21. The number of aliphatic hydroxyl groups excluding tert-OH is 1. The third-order valence-electron chi connectivity index (χ3n) is 2.68. The van der Waals surface area contributed by atoms with E-state index in [1.165, 1.54) is 0 Å². The molecule has 0 aliphatic rings. The van der Waals surface area contributed by atoms with Gasteiger partial charge in [-0.2, -0.15) is 0 Å². The van der Waals surface area contributed by atoms with E-state index in [4.69, 9.17) is 9.47 Å². The summed E-state index contributed by atoms with van der Waals surface area (Å²) >= 11 is 0. The Balaban J connectivity index is 2.71. The van der Waals surface area contributed by atoms with Crippen molar-refractivity contribution < 1.29 is 14.6 Å². The Hall–Kier alpha value is -1.10. The highest BCUT2D eigenvalue weighted by Crippen LogP contribution is 2.24. The minimum atomic E-state index is -0.0695. The zero-order valence-electron chi connectivity index (χ0n) is 10.6. The van der Waals surface area contributed by atoms with Gasteiger partial charge in [0.2, 0.25) is 0 Å². The molecule has 2 N–H and O–H groups in total. The lowest BCUT2D eigenvalue weighted by Crippen LogP contribution is -2.38. The number of aliphatic hydroxyl groups is 1. The monoisotopic (exact) mass is 239 g/mol. The summed E-state index contributed by atoms with van der Waals surface area (Å²) < 4.78 is 10.3. The van der Waals surface area contributed by atoms with Crippen LogP contribution in [-0.4, -0.2) is 38.6 Å². The highest BCUT2D eigenvalue weighted by molar-refractivity contribution is 5.35. The Morgan fingerprint density at radius 3 is 2.59 bits per heavy atom. The van der Waals surface area contributed by atoms with Crippen LogP contribution in [0.1, 0.15) is 18.5 Å². The van der Waals surface area contributed by atoms with Gasteiger partial charge in [0.1, 0.15) is 5.75 Å². The third kappa shape index (κ3) is 4.00. The SMILES string of the molecule is COCC(CO)NC(C)c1ccccc1OC. The number of rotatable bonds is 7. The summed E-state index contributed by atoms with van der Waals surface area (Å²) in [5.74, 6) is 0.849. The van der Waals surface area contributed by atoms with Gasteiger partial charge in [0.25, 0.3) is 0 Å². The Morgan fingerprint density at radius 1 is 1.29 bits per heavy atom. The molecule has 0 aliphatic heterocycles. The van der Waals surface area contributed by atoms with Crippen molar-refractivity contribution in [2.24, 2.45) is 0 Å². The van der Waals surface area contributed by atoms with Crippen LogP contribution in [0.25, 0.3) is 0 Å². The van der Waals surface area contributed by atoms with E-state index in [0.29, 0.717) is 6.61 Å². The van der Waals surface area contributed by atoms with Crippen LogP contribution < -0.4 is 10.1 Å². The van der Waals surface area contributed by atoms with Crippen molar-refractivity contribution in [2.75, 3.05) is 27.4 Å². The van der Waals surface area contributed by atoms with Crippen molar-refractivity contribution in [1.29, 1.82) is 0 Å². The van der Waals surface area contributed by atoms with Gasteiger partial charge in [-0.15, -0.1) is 0 Å². The highest BCUT2D eigenvalue weighted by Gasteiger charge is 2.15. The van der Waals surface area contributed by atoms with Crippen LogP contribution in [0.2, 0.25) is 0 Å². The molecule has 0 bridgehead atoms. The first-order valence-electron chi connectivity index (χ1n) is 5.71. The van der Waals surface area contributed by atoms with Crippen molar-refractivity contribution in [3.05, 3.63) is 29.8 Å². The molecule has 17 heavy (non-hydrogen) atoms. The molecule has 0 radical (unpaired) electrons. The van der Waals surface area contributed by atoms with Crippen molar-refractivity contribution >= 4 is 0 Å². The molecular weight excluding hydrogens is 218 g/mol. The van der Waals surface area contributed by atoms with Crippen molar-refractivity contribution in [2.45, 2.75) is 19.0 Å². The van der Waals surface area contributed by atoms with E-state index < -0.39 is 0 Å². The van der Waals surface area contributed by atoms with E-state index in [2.05, 4.69) is 5.32 Å². The second-order valence-electron chi connectivity index (χ2n) is 3.97. The Morgan fingerprint density at radius 2 is 2.00 bits per heavy atom. The fourth-order valence-corrected chi connectivity index (χ4v) is 1.82. The van der Waals surface area contributed by atoms with Crippen molar-refractivity contribution in [1.82, 2.24) is 5.32 Å². The maximum absolute atomic E-state index is 9.21. The molecule has 1 aromatic rings. The lowest BCUT2D eigenvalue weighted by Gasteiger charge is -2.22. The predicted molar refractivity (Wildman–Crippen MR) is 67.3 cm³/mol. The largest absolute Gasteiger partial charge is 0.496 e. The second kappa shape index (κ2) is 7.27. The van der Waals surface area contributed by atoms with Crippen molar-refractivity contribution in [3.8, 4) is 5.75 Å². The molecule has 1 rings (SSSR count). The molecule has 2 atom stereocenters. The molecule has 0 saturated heterocycles. The molecule has 0 aromatic heterocycles. The number of hydrogen-bond acceptors (Lipinski definition) is 4. The van der Waals surface area contributed by atoms with E-state index in [1.54, 1.807) is 14.2 Å². The fraction of sp³-hybridized carbons (Fsp3) is 0.538. The van der Waals surface area contributed by atoms with Crippen LogP contribution in [0, 0.1) is 0 Å². The molecule has 4 heteroatoms. The van der Waals surface area contributed by atoms with Gasteiger partial charge < -0.3 is 19.9 Å². The lowest BCUT2D eigenvalue weighted by atomic mass is 10.1. The molecule has 0 saturated carbocycles. The number of nitrogens with one attached hydrogen (secondary N) is 1. The first-order chi connectivity index (χ1) is 8.22. The number of benzene rings is 1. The lowest BCUT2D eigenvalue weighted by molar-refractivity contribution is 0.123. The van der Waals surface area contributed by atoms with Crippen LogP contribution in [0.5, 0.6) is 5.75 Å². The van der Waals surface area contributed by atoms with Crippen LogP contribution in [0.4, 0.5) is 0 Å². The Labute approximate surface area is 103 Å². The van der Waals surface area contributed by atoms with E-state index in [1.807, 2.05) is 31.2 Å². The summed E-state index contributed by atoms with van der Waals surface area (Å²) in [6, 6.07) is 7.88. The predicted octanol–water partition coefficient (Wildman–Crippen LogP) is 1.35. The quantitative estimate of drug-likeness (QED) is 0.754.